The first kappa shape index (κ1) is 11.2. The largest absolute Gasteiger partial charge is 0.491 e. The van der Waals surface area contributed by atoms with E-state index in [9.17, 15) is 4.79 Å². The molecule has 1 heterocycles. The topological polar surface area (TPSA) is 64.3 Å². The van der Waals surface area contributed by atoms with Gasteiger partial charge in [-0.2, -0.15) is 5.10 Å². The van der Waals surface area contributed by atoms with Crippen molar-refractivity contribution in [1.82, 2.24) is 9.78 Å². The van der Waals surface area contributed by atoms with Crippen LogP contribution in [0.1, 0.15) is 10.4 Å². The summed E-state index contributed by atoms with van der Waals surface area (Å²) in [5.41, 5.74) is 0.174. The summed E-state index contributed by atoms with van der Waals surface area (Å²) in [7, 11) is 0. The van der Waals surface area contributed by atoms with Crippen molar-refractivity contribution in [3.05, 3.63) is 48.3 Å². The summed E-state index contributed by atoms with van der Waals surface area (Å²) in [6, 6.07) is 8.41. The highest BCUT2D eigenvalue weighted by molar-refractivity contribution is 5.90. The van der Waals surface area contributed by atoms with Crippen molar-refractivity contribution in [3.63, 3.8) is 0 Å². The molecule has 0 radical (unpaired) electrons. The van der Waals surface area contributed by atoms with E-state index in [1.807, 2.05) is 12.3 Å². The second-order valence-corrected chi connectivity index (χ2v) is 3.42. The van der Waals surface area contributed by atoms with E-state index in [0.29, 0.717) is 18.9 Å². The Morgan fingerprint density at radius 2 is 2.18 bits per heavy atom. The molecule has 5 heteroatoms. The minimum absolute atomic E-state index is 0.174. The lowest BCUT2D eigenvalue weighted by molar-refractivity contribution is 0.0692. The smallest absolute Gasteiger partial charge is 0.339 e. The number of hydrogen-bond donors (Lipinski definition) is 1. The minimum Gasteiger partial charge on any atom is -0.491 e. The Hall–Kier alpha value is -2.30. The van der Waals surface area contributed by atoms with Gasteiger partial charge in [0.25, 0.3) is 0 Å². The quantitative estimate of drug-likeness (QED) is 0.851. The highest BCUT2D eigenvalue weighted by Gasteiger charge is 2.09. The summed E-state index contributed by atoms with van der Waals surface area (Å²) in [5, 5.41) is 13.0. The predicted molar refractivity (Wildman–Crippen MR) is 61.1 cm³/mol. The molecule has 0 fully saturated rings. The number of benzene rings is 1. The zero-order chi connectivity index (χ0) is 12.1. The fourth-order valence-corrected chi connectivity index (χ4v) is 1.45. The summed E-state index contributed by atoms with van der Waals surface area (Å²) < 4.78 is 7.16. The van der Waals surface area contributed by atoms with E-state index in [2.05, 4.69) is 5.10 Å². The lowest BCUT2D eigenvalue weighted by Gasteiger charge is -2.08. The molecule has 0 aliphatic carbocycles. The number of carbonyl (C=O) groups is 1. The van der Waals surface area contributed by atoms with Gasteiger partial charge in [0.2, 0.25) is 0 Å². The number of rotatable bonds is 5. The van der Waals surface area contributed by atoms with Crippen LogP contribution in [0.3, 0.4) is 0 Å². The highest BCUT2D eigenvalue weighted by Crippen LogP contribution is 2.17. The SMILES string of the molecule is O=C(O)c1ccccc1OCCn1cccn1. The molecule has 1 aromatic heterocycles. The van der Waals surface area contributed by atoms with Crippen LogP contribution in [-0.2, 0) is 6.54 Å². The summed E-state index contributed by atoms with van der Waals surface area (Å²) in [6.45, 7) is 0.965. The molecule has 88 valence electrons. The Kier molecular flexibility index (Phi) is 3.40. The molecular weight excluding hydrogens is 220 g/mol. The van der Waals surface area contributed by atoms with Gasteiger partial charge in [0, 0.05) is 12.4 Å². The molecule has 2 aromatic rings. The number of hydrogen-bond acceptors (Lipinski definition) is 3. The number of carboxylic acid groups (broad SMARTS) is 1. The van der Waals surface area contributed by atoms with Gasteiger partial charge in [-0.25, -0.2) is 4.79 Å². The van der Waals surface area contributed by atoms with E-state index in [1.54, 1.807) is 29.1 Å². The molecule has 0 aliphatic rings. The number of ether oxygens (including phenoxy) is 1. The molecular formula is C12H12N2O3. The fraction of sp³-hybridized carbons (Fsp3) is 0.167. The summed E-state index contributed by atoms with van der Waals surface area (Å²) in [6.07, 6.45) is 3.51. The fourth-order valence-electron chi connectivity index (χ4n) is 1.45. The first-order valence-corrected chi connectivity index (χ1v) is 5.20. The third kappa shape index (κ3) is 2.84. The van der Waals surface area contributed by atoms with Crippen molar-refractivity contribution in [3.8, 4) is 5.75 Å². The average molecular weight is 232 g/mol. The number of aromatic nitrogens is 2. The third-order valence-electron chi connectivity index (χ3n) is 2.25. The van der Waals surface area contributed by atoms with Crippen molar-refractivity contribution < 1.29 is 14.6 Å². The first-order valence-electron chi connectivity index (χ1n) is 5.20. The van der Waals surface area contributed by atoms with Crippen LogP contribution in [0.4, 0.5) is 0 Å². The third-order valence-corrected chi connectivity index (χ3v) is 2.25. The second kappa shape index (κ2) is 5.16. The Morgan fingerprint density at radius 1 is 1.35 bits per heavy atom. The molecule has 0 saturated heterocycles. The first-order chi connectivity index (χ1) is 8.27. The van der Waals surface area contributed by atoms with E-state index in [1.165, 1.54) is 6.07 Å². The van der Waals surface area contributed by atoms with Crippen LogP contribution >= 0.6 is 0 Å². The summed E-state index contributed by atoms with van der Waals surface area (Å²) >= 11 is 0. The Balaban J connectivity index is 1.97. The maximum absolute atomic E-state index is 10.9. The molecule has 2 rings (SSSR count). The van der Waals surface area contributed by atoms with Gasteiger partial charge in [-0.05, 0) is 18.2 Å². The van der Waals surface area contributed by atoms with Crippen molar-refractivity contribution in [2.75, 3.05) is 6.61 Å². The molecule has 0 spiro atoms. The molecule has 1 aromatic carbocycles. The molecule has 1 N–H and O–H groups in total. The number of nitrogens with zero attached hydrogens (tertiary/aromatic N) is 2. The lowest BCUT2D eigenvalue weighted by atomic mass is 10.2. The van der Waals surface area contributed by atoms with Crippen LogP contribution in [0, 0.1) is 0 Å². The standard InChI is InChI=1S/C12H12N2O3/c15-12(16)10-4-1-2-5-11(10)17-9-8-14-7-3-6-13-14/h1-7H,8-9H2,(H,15,16). The van der Waals surface area contributed by atoms with Crippen LogP contribution in [0.5, 0.6) is 5.75 Å². The molecule has 0 bridgehead atoms. The average Bonchev–Trinajstić information content (AvgIpc) is 2.82. The van der Waals surface area contributed by atoms with Gasteiger partial charge in [0.1, 0.15) is 17.9 Å². The Bertz CT molecular complexity index is 494. The van der Waals surface area contributed by atoms with Gasteiger partial charge in [-0.3, -0.25) is 4.68 Å². The van der Waals surface area contributed by atoms with Gasteiger partial charge < -0.3 is 9.84 Å². The van der Waals surface area contributed by atoms with Crippen molar-refractivity contribution in [2.45, 2.75) is 6.54 Å². The van der Waals surface area contributed by atoms with E-state index in [0.717, 1.165) is 0 Å². The van der Waals surface area contributed by atoms with Gasteiger partial charge in [-0.1, -0.05) is 12.1 Å². The lowest BCUT2D eigenvalue weighted by Crippen LogP contribution is -2.10. The zero-order valence-electron chi connectivity index (χ0n) is 9.11. The Labute approximate surface area is 98.3 Å². The van der Waals surface area contributed by atoms with Crippen molar-refractivity contribution in [2.24, 2.45) is 0 Å². The number of carboxylic acids is 1. The Morgan fingerprint density at radius 3 is 2.88 bits per heavy atom. The van der Waals surface area contributed by atoms with Gasteiger partial charge >= 0.3 is 5.97 Å². The summed E-state index contributed by atoms with van der Waals surface area (Å²) in [5.74, 6) is -0.605. The molecule has 5 nitrogen and oxygen atoms in total. The van der Waals surface area contributed by atoms with Gasteiger partial charge in [0.15, 0.2) is 0 Å². The normalized spacial score (nSPS) is 10.1. The monoisotopic (exact) mass is 232 g/mol. The minimum atomic E-state index is -0.986. The van der Waals surface area contributed by atoms with Gasteiger partial charge in [0.05, 0.1) is 6.54 Å². The van der Waals surface area contributed by atoms with Crippen molar-refractivity contribution in [1.29, 1.82) is 0 Å². The molecule has 0 atom stereocenters. The van der Waals surface area contributed by atoms with Crippen LogP contribution in [0.15, 0.2) is 42.7 Å². The molecule has 0 unspecified atom stereocenters. The van der Waals surface area contributed by atoms with E-state index in [4.69, 9.17) is 9.84 Å². The summed E-state index contributed by atoms with van der Waals surface area (Å²) in [4.78, 5) is 10.9. The maximum atomic E-state index is 10.9. The molecule has 17 heavy (non-hydrogen) atoms. The van der Waals surface area contributed by atoms with Crippen molar-refractivity contribution >= 4 is 5.97 Å². The van der Waals surface area contributed by atoms with Gasteiger partial charge in [-0.15, -0.1) is 0 Å². The van der Waals surface area contributed by atoms with Crippen LogP contribution in [0.2, 0.25) is 0 Å². The molecule has 0 amide bonds. The van der Waals surface area contributed by atoms with E-state index in [-0.39, 0.29) is 5.56 Å². The number of aromatic carboxylic acids is 1. The van der Waals surface area contributed by atoms with E-state index < -0.39 is 5.97 Å². The zero-order valence-corrected chi connectivity index (χ0v) is 9.11. The number of para-hydroxylation sites is 1. The molecule has 0 saturated carbocycles. The van der Waals surface area contributed by atoms with Crippen LogP contribution in [-0.4, -0.2) is 27.5 Å². The maximum Gasteiger partial charge on any atom is 0.339 e. The second-order valence-electron chi connectivity index (χ2n) is 3.42. The molecule has 0 aliphatic heterocycles. The van der Waals surface area contributed by atoms with Crippen LogP contribution in [0.25, 0.3) is 0 Å². The van der Waals surface area contributed by atoms with E-state index >= 15 is 0 Å². The van der Waals surface area contributed by atoms with Crippen LogP contribution < -0.4 is 4.74 Å². The highest BCUT2D eigenvalue weighted by atomic mass is 16.5. The predicted octanol–water partition coefficient (Wildman–Crippen LogP) is 1.66.